The number of nitrogens with zero attached hydrogens (tertiary/aromatic N) is 2. The first-order valence-corrected chi connectivity index (χ1v) is 13.1. The first-order valence-electron chi connectivity index (χ1n) is 10.6. The number of carbonyl (C=O) groups is 2. The highest BCUT2D eigenvalue weighted by Crippen LogP contribution is 2.41. The number of benzene rings is 1. The number of halogens is 2. The van der Waals surface area contributed by atoms with Crippen LogP contribution >= 0.6 is 45.9 Å². The van der Waals surface area contributed by atoms with Crippen LogP contribution in [0.5, 0.6) is 5.75 Å². The van der Waals surface area contributed by atoms with Crippen molar-refractivity contribution in [1.82, 2.24) is 15.7 Å². The summed E-state index contributed by atoms with van der Waals surface area (Å²) in [5.74, 6) is -0.0435. The molecule has 11 heteroatoms. The number of hydrogen-bond donors (Lipinski definition) is 2. The van der Waals surface area contributed by atoms with Gasteiger partial charge in [-0.05, 0) is 54.4 Å². The lowest BCUT2D eigenvalue weighted by atomic mass is 10.1. The molecule has 3 heterocycles. The Kier molecular flexibility index (Phi) is 8.37. The number of amides is 2. The minimum atomic E-state index is -0.411. The Morgan fingerprint density at radius 3 is 2.44 bits per heavy atom. The van der Waals surface area contributed by atoms with Gasteiger partial charge in [-0.15, -0.1) is 22.7 Å². The molecule has 0 aliphatic carbocycles. The third-order valence-electron chi connectivity index (χ3n) is 5.10. The summed E-state index contributed by atoms with van der Waals surface area (Å²) in [7, 11) is 1.57. The van der Waals surface area contributed by atoms with Gasteiger partial charge in [-0.25, -0.2) is 5.43 Å². The molecular formula is C25H20Cl2N4O3S2. The van der Waals surface area contributed by atoms with Gasteiger partial charge in [0.15, 0.2) is 0 Å². The second-order valence-corrected chi connectivity index (χ2v) is 10.3. The van der Waals surface area contributed by atoms with Gasteiger partial charge in [0.1, 0.15) is 5.75 Å². The Morgan fingerprint density at radius 1 is 1.03 bits per heavy atom. The van der Waals surface area contributed by atoms with Gasteiger partial charge in [0.05, 0.1) is 43.1 Å². The average Bonchev–Trinajstić information content (AvgIpc) is 3.56. The van der Waals surface area contributed by atoms with Gasteiger partial charge in [0.2, 0.25) is 0 Å². The quantitative estimate of drug-likeness (QED) is 0.197. The van der Waals surface area contributed by atoms with Gasteiger partial charge >= 0.3 is 0 Å². The molecule has 0 saturated heterocycles. The molecule has 7 nitrogen and oxygen atoms in total. The molecule has 1 aromatic carbocycles. The lowest BCUT2D eigenvalue weighted by Crippen LogP contribution is -2.21. The van der Waals surface area contributed by atoms with E-state index in [1.807, 2.05) is 23.6 Å². The van der Waals surface area contributed by atoms with Crippen molar-refractivity contribution in [3.05, 3.63) is 91.2 Å². The Labute approximate surface area is 225 Å². The summed E-state index contributed by atoms with van der Waals surface area (Å²) in [4.78, 5) is 30.7. The molecule has 0 atom stereocenters. The maximum atomic E-state index is 12.6. The summed E-state index contributed by atoms with van der Waals surface area (Å²) >= 11 is 14.8. The molecule has 0 aliphatic rings. The van der Waals surface area contributed by atoms with E-state index in [2.05, 4.69) is 20.8 Å². The largest absolute Gasteiger partial charge is 0.495 e. The van der Waals surface area contributed by atoms with Crippen molar-refractivity contribution >= 4 is 63.4 Å². The molecular weight excluding hydrogens is 539 g/mol. The molecule has 0 unspecified atom stereocenters. The SMILES string of the molecule is COc1c(C(C)=NNC(=O)c2ccc(C(=O)NCc3ccncc3)s2)csc1-c1ccc(Cl)c(Cl)c1. The number of aromatic nitrogens is 1. The number of nitrogens with one attached hydrogen (secondary N) is 2. The number of methoxy groups -OCH3 is 1. The number of thiophene rings is 2. The van der Waals surface area contributed by atoms with Crippen LogP contribution in [0.25, 0.3) is 10.4 Å². The van der Waals surface area contributed by atoms with Crippen LogP contribution in [0.3, 0.4) is 0 Å². The van der Waals surface area contributed by atoms with E-state index < -0.39 is 5.91 Å². The third kappa shape index (κ3) is 5.93. The van der Waals surface area contributed by atoms with E-state index in [-0.39, 0.29) is 5.91 Å². The zero-order valence-corrected chi connectivity index (χ0v) is 22.3. The van der Waals surface area contributed by atoms with E-state index in [0.717, 1.165) is 32.9 Å². The van der Waals surface area contributed by atoms with Crippen molar-refractivity contribution in [2.75, 3.05) is 7.11 Å². The van der Waals surface area contributed by atoms with E-state index in [1.54, 1.807) is 50.7 Å². The summed E-state index contributed by atoms with van der Waals surface area (Å²) in [6, 6.07) is 12.2. The first kappa shape index (κ1) is 25.8. The van der Waals surface area contributed by atoms with Crippen LogP contribution < -0.4 is 15.5 Å². The van der Waals surface area contributed by atoms with Crippen LogP contribution in [0.2, 0.25) is 10.0 Å². The number of hydrazone groups is 1. The van der Waals surface area contributed by atoms with Crippen LogP contribution in [0.1, 0.15) is 37.4 Å². The molecule has 36 heavy (non-hydrogen) atoms. The monoisotopic (exact) mass is 558 g/mol. The third-order valence-corrected chi connectivity index (χ3v) is 7.93. The predicted molar refractivity (Wildman–Crippen MR) is 146 cm³/mol. The molecule has 0 aliphatic heterocycles. The second kappa shape index (κ2) is 11.7. The van der Waals surface area contributed by atoms with Crippen molar-refractivity contribution in [3.63, 3.8) is 0 Å². The lowest BCUT2D eigenvalue weighted by Gasteiger charge is -2.07. The van der Waals surface area contributed by atoms with E-state index in [0.29, 0.717) is 37.8 Å². The fourth-order valence-electron chi connectivity index (χ4n) is 3.24. The average molecular weight is 560 g/mol. The Hall–Kier alpha value is -3.24. The zero-order chi connectivity index (χ0) is 25.7. The number of ether oxygens (including phenoxy) is 1. The predicted octanol–water partition coefficient (Wildman–Crippen LogP) is 6.27. The molecule has 0 fully saturated rings. The van der Waals surface area contributed by atoms with Crippen LogP contribution in [-0.4, -0.2) is 29.6 Å². The molecule has 4 rings (SSSR count). The maximum absolute atomic E-state index is 12.6. The lowest BCUT2D eigenvalue weighted by molar-refractivity contribution is 0.0950. The normalized spacial score (nSPS) is 11.3. The fourth-order valence-corrected chi connectivity index (χ4v) is 5.42. The topological polar surface area (TPSA) is 92.7 Å². The Balaban J connectivity index is 1.43. The van der Waals surface area contributed by atoms with Crippen molar-refractivity contribution in [2.45, 2.75) is 13.5 Å². The van der Waals surface area contributed by atoms with Gasteiger partial charge in [0.25, 0.3) is 11.8 Å². The van der Waals surface area contributed by atoms with Gasteiger partial charge in [-0.2, -0.15) is 5.10 Å². The molecule has 0 saturated carbocycles. The van der Waals surface area contributed by atoms with Gasteiger partial charge < -0.3 is 10.1 Å². The van der Waals surface area contributed by atoms with Crippen LogP contribution in [-0.2, 0) is 6.54 Å². The summed E-state index contributed by atoms with van der Waals surface area (Å²) < 4.78 is 5.63. The molecule has 184 valence electrons. The summed E-state index contributed by atoms with van der Waals surface area (Å²) in [6.45, 7) is 2.15. The fraction of sp³-hybridized carbons (Fsp3) is 0.120. The van der Waals surface area contributed by atoms with Crippen LogP contribution in [0.4, 0.5) is 0 Å². The van der Waals surface area contributed by atoms with Crippen molar-refractivity contribution in [1.29, 1.82) is 0 Å². The van der Waals surface area contributed by atoms with Gasteiger partial charge in [0, 0.05) is 24.3 Å². The number of rotatable bonds is 8. The molecule has 2 N–H and O–H groups in total. The number of hydrogen-bond acceptors (Lipinski definition) is 7. The van der Waals surface area contributed by atoms with Crippen molar-refractivity contribution < 1.29 is 14.3 Å². The van der Waals surface area contributed by atoms with Crippen LogP contribution in [0.15, 0.2) is 65.3 Å². The second-order valence-electron chi connectivity index (χ2n) is 7.48. The molecule has 0 spiro atoms. The summed E-state index contributed by atoms with van der Waals surface area (Å²) in [5.41, 5.74) is 5.66. The van der Waals surface area contributed by atoms with E-state index in [9.17, 15) is 9.59 Å². The standard InChI is InChI=1S/C25H20Cl2N4O3S2/c1-14(17-13-35-23(22(17)34-2)16-3-4-18(26)19(27)11-16)30-31-25(33)21-6-5-20(36-21)24(32)29-12-15-7-9-28-10-8-15/h3-11,13H,12H2,1-2H3,(H,29,32)(H,31,33). The molecule has 4 aromatic rings. The minimum Gasteiger partial charge on any atom is -0.495 e. The summed E-state index contributed by atoms with van der Waals surface area (Å²) in [6.07, 6.45) is 3.33. The molecule has 0 radical (unpaired) electrons. The Bertz CT molecular complexity index is 1430. The first-order chi connectivity index (χ1) is 17.4. The molecule has 0 bridgehead atoms. The maximum Gasteiger partial charge on any atom is 0.281 e. The number of carbonyl (C=O) groups excluding carboxylic acids is 2. The minimum absolute atomic E-state index is 0.256. The van der Waals surface area contributed by atoms with E-state index in [1.165, 1.54) is 11.3 Å². The highest BCUT2D eigenvalue weighted by atomic mass is 35.5. The highest BCUT2D eigenvalue weighted by molar-refractivity contribution is 7.16. The van der Waals surface area contributed by atoms with Gasteiger partial charge in [-0.3, -0.25) is 14.6 Å². The van der Waals surface area contributed by atoms with E-state index >= 15 is 0 Å². The molecule has 2 amide bonds. The van der Waals surface area contributed by atoms with Crippen molar-refractivity contribution in [3.8, 4) is 16.2 Å². The highest BCUT2D eigenvalue weighted by Gasteiger charge is 2.18. The van der Waals surface area contributed by atoms with Gasteiger partial charge in [-0.1, -0.05) is 29.3 Å². The zero-order valence-electron chi connectivity index (χ0n) is 19.2. The molecule has 3 aromatic heterocycles. The Morgan fingerprint density at radius 2 is 1.75 bits per heavy atom. The number of pyridine rings is 1. The van der Waals surface area contributed by atoms with Crippen molar-refractivity contribution in [2.24, 2.45) is 5.10 Å². The smallest absolute Gasteiger partial charge is 0.281 e. The van der Waals surface area contributed by atoms with E-state index in [4.69, 9.17) is 27.9 Å². The summed E-state index contributed by atoms with van der Waals surface area (Å²) in [5, 5.41) is 9.90. The van der Waals surface area contributed by atoms with Crippen LogP contribution in [0, 0.1) is 0 Å².